The third kappa shape index (κ3) is 31.0. The maximum Gasteiger partial charge on any atom is 0.472 e. The lowest BCUT2D eigenvalue weighted by molar-refractivity contribution is -0.153. The molecule has 0 aromatic carbocycles. The molecule has 0 aromatic heterocycles. The third-order valence-corrected chi connectivity index (χ3v) is 8.50. The molecule has 44 heavy (non-hydrogen) atoms. The van der Waals surface area contributed by atoms with Crippen LogP contribution < -0.4 is 0 Å². The van der Waals surface area contributed by atoms with Gasteiger partial charge in [0.2, 0.25) is 0 Å². The summed E-state index contributed by atoms with van der Waals surface area (Å²) in [6.07, 6.45) is 28.4. The molecule has 1 unspecified atom stereocenters. The number of aliphatic hydroxyl groups is 2. The molecule has 0 aromatic rings. The van der Waals surface area contributed by atoms with Gasteiger partial charge >= 0.3 is 13.8 Å². The summed E-state index contributed by atoms with van der Waals surface area (Å²) in [4.78, 5) is 22.3. The molecule has 262 valence electrons. The number of phosphoric acid groups is 1. The van der Waals surface area contributed by atoms with Gasteiger partial charge in [-0.1, -0.05) is 136 Å². The molecule has 0 rings (SSSR count). The first-order valence-corrected chi connectivity index (χ1v) is 19.2. The highest BCUT2D eigenvalue weighted by atomic mass is 31.2. The highest BCUT2D eigenvalue weighted by Crippen LogP contribution is 2.43. The van der Waals surface area contributed by atoms with Gasteiger partial charge < -0.3 is 24.6 Å². The molecule has 0 amide bonds. The summed E-state index contributed by atoms with van der Waals surface area (Å²) < 4.78 is 32.8. The van der Waals surface area contributed by atoms with Crippen LogP contribution in [0.15, 0.2) is 12.3 Å². The van der Waals surface area contributed by atoms with Crippen LogP contribution in [0.2, 0.25) is 0 Å². The summed E-state index contributed by atoms with van der Waals surface area (Å²) in [5.74, 6) is -0.407. The molecule has 0 saturated heterocycles. The van der Waals surface area contributed by atoms with Crippen LogP contribution >= 0.6 is 7.82 Å². The number of unbranched alkanes of at least 4 members (excludes halogenated alkanes) is 20. The van der Waals surface area contributed by atoms with E-state index in [0.717, 1.165) is 32.1 Å². The van der Waals surface area contributed by atoms with E-state index in [-0.39, 0.29) is 13.0 Å². The quantitative estimate of drug-likeness (QED) is 0.0270. The van der Waals surface area contributed by atoms with Crippen molar-refractivity contribution in [2.75, 3.05) is 26.4 Å². The fourth-order valence-corrected chi connectivity index (χ4v) is 5.58. The zero-order valence-corrected chi connectivity index (χ0v) is 29.0. The summed E-state index contributed by atoms with van der Waals surface area (Å²) in [6.45, 7) is 2.85. The van der Waals surface area contributed by atoms with Crippen molar-refractivity contribution in [1.29, 1.82) is 0 Å². The smallest absolute Gasteiger partial charge is 0.472 e. The Morgan fingerprint density at radius 1 is 0.682 bits per heavy atom. The molecule has 0 heterocycles. The van der Waals surface area contributed by atoms with E-state index in [1.165, 1.54) is 109 Å². The second-order valence-corrected chi connectivity index (χ2v) is 13.4. The fraction of sp³-hybridized carbons (Fsp3) is 0.912. The molecule has 10 heteroatoms. The van der Waals surface area contributed by atoms with E-state index in [0.29, 0.717) is 0 Å². The highest BCUT2D eigenvalue weighted by Gasteiger charge is 2.26. The molecule has 0 bridgehead atoms. The molecule has 0 radical (unpaired) electrons. The Morgan fingerprint density at radius 3 is 1.64 bits per heavy atom. The van der Waals surface area contributed by atoms with Gasteiger partial charge in [-0.25, -0.2) is 4.57 Å². The minimum absolute atomic E-state index is 0.0301. The monoisotopic (exact) mass is 650 g/mol. The van der Waals surface area contributed by atoms with Gasteiger partial charge in [-0.3, -0.25) is 13.8 Å². The number of allylic oxidation sites excluding steroid dienone is 1. The normalized spacial score (nSPS) is 14.5. The number of esters is 1. The van der Waals surface area contributed by atoms with Gasteiger partial charge in [0.05, 0.1) is 26.1 Å². The van der Waals surface area contributed by atoms with Crippen LogP contribution in [-0.4, -0.2) is 59.7 Å². The van der Waals surface area contributed by atoms with Crippen LogP contribution in [0, 0.1) is 0 Å². The molecule has 0 fully saturated rings. The molecule has 3 atom stereocenters. The van der Waals surface area contributed by atoms with Crippen molar-refractivity contribution in [2.45, 2.75) is 174 Å². The van der Waals surface area contributed by atoms with E-state index in [4.69, 9.17) is 19.1 Å². The molecule has 3 N–H and O–H groups in total. The van der Waals surface area contributed by atoms with Crippen molar-refractivity contribution >= 4 is 13.8 Å². The van der Waals surface area contributed by atoms with Crippen molar-refractivity contribution in [3.05, 3.63) is 12.3 Å². The van der Waals surface area contributed by atoms with Gasteiger partial charge in [0.25, 0.3) is 0 Å². The summed E-state index contributed by atoms with van der Waals surface area (Å²) in [5.41, 5.74) is 0. The third-order valence-electron chi connectivity index (χ3n) is 7.55. The van der Waals surface area contributed by atoms with Crippen LogP contribution in [0.5, 0.6) is 0 Å². The van der Waals surface area contributed by atoms with E-state index in [1.54, 1.807) is 6.26 Å². The van der Waals surface area contributed by atoms with Crippen LogP contribution in [0.1, 0.15) is 162 Å². The second kappa shape index (κ2) is 32.0. The number of carbonyl (C=O) groups is 1. The molecule has 0 aliphatic carbocycles. The Kier molecular flexibility index (Phi) is 31.3. The largest absolute Gasteiger partial charge is 0.498 e. The van der Waals surface area contributed by atoms with E-state index in [9.17, 15) is 19.4 Å². The summed E-state index contributed by atoms with van der Waals surface area (Å²) in [5, 5.41) is 18.2. The van der Waals surface area contributed by atoms with E-state index in [1.807, 2.05) is 6.08 Å². The molecule has 9 nitrogen and oxygen atoms in total. The van der Waals surface area contributed by atoms with Crippen molar-refractivity contribution in [3.63, 3.8) is 0 Å². The van der Waals surface area contributed by atoms with Crippen LogP contribution in [-0.2, 0) is 27.9 Å². The number of phosphoric ester groups is 1. The summed E-state index contributed by atoms with van der Waals surface area (Å²) in [6, 6.07) is 0. The minimum atomic E-state index is -4.51. The number of carbonyl (C=O) groups excluding carboxylic acids is 1. The molecule has 0 spiro atoms. The Balaban J connectivity index is 4.29. The van der Waals surface area contributed by atoms with Gasteiger partial charge in [-0.2, -0.15) is 0 Å². The Bertz CT molecular complexity index is 704. The topological polar surface area (TPSA) is 132 Å². The first-order valence-electron chi connectivity index (χ1n) is 17.7. The van der Waals surface area contributed by atoms with Crippen molar-refractivity contribution in [2.24, 2.45) is 0 Å². The molecular formula is C34H67O9P. The van der Waals surface area contributed by atoms with Crippen LogP contribution in [0.25, 0.3) is 0 Å². The lowest BCUT2D eigenvalue weighted by Crippen LogP contribution is -2.28. The van der Waals surface area contributed by atoms with E-state index < -0.39 is 45.8 Å². The predicted molar refractivity (Wildman–Crippen MR) is 177 cm³/mol. The highest BCUT2D eigenvalue weighted by molar-refractivity contribution is 7.47. The second-order valence-electron chi connectivity index (χ2n) is 12.0. The summed E-state index contributed by atoms with van der Waals surface area (Å²) >= 11 is 0. The maximum atomic E-state index is 12.4. The van der Waals surface area contributed by atoms with Crippen molar-refractivity contribution in [1.82, 2.24) is 0 Å². The number of hydrogen-bond donors (Lipinski definition) is 3. The van der Waals surface area contributed by atoms with Gasteiger partial charge in [-0.15, -0.1) is 0 Å². The lowest BCUT2D eigenvalue weighted by atomic mass is 10.0. The lowest BCUT2D eigenvalue weighted by Gasteiger charge is -2.20. The van der Waals surface area contributed by atoms with Crippen LogP contribution in [0.4, 0.5) is 0 Å². The van der Waals surface area contributed by atoms with Gasteiger partial charge in [0.15, 0.2) is 6.10 Å². The predicted octanol–water partition coefficient (Wildman–Crippen LogP) is 8.93. The van der Waals surface area contributed by atoms with E-state index >= 15 is 0 Å². The zero-order valence-electron chi connectivity index (χ0n) is 28.1. The van der Waals surface area contributed by atoms with Crippen molar-refractivity contribution in [3.8, 4) is 0 Å². The number of ether oxygens (including phenoxy) is 2. The summed E-state index contributed by atoms with van der Waals surface area (Å²) in [7, 11) is -4.51. The maximum absolute atomic E-state index is 12.4. The van der Waals surface area contributed by atoms with Gasteiger partial charge in [0.1, 0.15) is 12.7 Å². The zero-order chi connectivity index (χ0) is 32.6. The Hall–Kier alpha value is -0.960. The molecule has 0 aliphatic heterocycles. The average molecular weight is 651 g/mol. The minimum Gasteiger partial charge on any atom is -0.498 e. The number of rotatable bonds is 34. The first-order chi connectivity index (χ1) is 21.3. The molecule has 0 saturated carbocycles. The fourth-order valence-electron chi connectivity index (χ4n) is 4.79. The first kappa shape index (κ1) is 43.0. The molecule has 0 aliphatic rings. The van der Waals surface area contributed by atoms with Crippen LogP contribution in [0.3, 0.4) is 0 Å². The van der Waals surface area contributed by atoms with Gasteiger partial charge in [0, 0.05) is 6.42 Å². The SMILES string of the molecule is CCCCCCCCCCCCCC/C=C\OC[C@H](COP(=O)(O)OC[C@@H](O)CO)OC(=O)CCCCCCCCCCC. The number of hydrogen-bond acceptors (Lipinski definition) is 8. The van der Waals surface area contributed by atoms with Gasteiger partial charge in [-0.05, 0) is 25.3 Å². The standard InChI is InChI=1S/C34H67O9P/c1-3-5-7-9-11-13-14-15-16-17-19-21-23-25-27-40-30-33(31-42-44(38,39)41-29-32(36)28-35)43-34(37)26-24-22-20-18-12-10-8-6-4-2/h25,27,32-33,35-36H,3-24,26,28-31H2,1-2H3,(H,38,39)/b27-25-/t32-,33+/m0/s1. The Labute approximate surface area is 269 Å². The molecular weight excluding hydrogens is 583 g/mol. The average Bonchev–Trinajstić information content (AvgIpc) is 3.01. The van der Waals surface area contributed by atoms with Crippen molar-refractivity contribution < 1.29 is 43.0 Å². The number of aliphatic hydroxyl groups excluding tert-OH is 2. The van der Waals surface area contributed by atoms with E-state index in [2.05, 4.69) is 18.4 Å². The Morgan fingerprint density at radius 2 is 1.14 bits per heavy atom.